The number of carbonyl (C=O) groups excluding carboxylic acids is 4. The number of carbonyl (C=O) groups is 4. The van der Waals surface area contributed by atoms with Crippen LogP contribution in [0.1, 0.15) is 82.0 Å². The average Bonchev–Trinajstić information content (AvgIpc) is 3.20. The molecule has 1 saturated heterocycles. The zero-order valence-electron chi connectivity index (χ0n) is 22.5. The summed E-state index contributed by atoms with van der Waals surface area (Å²) in [5.74, 6) is -0.363. The molecule has 1 aliphatic heterocycles. The number of amides is 4. The van der Waals surface area contributed by atoms with Gasteiger partial charge in [-0.15, -0.1) is 0 Å². The van der Waals surface area contributed by atoms with Gasteiger partial charge < -0.3 is 20.4 Å². The van der Waals surface area contributed by atoms with E-state index in [1.165, 1.54) is 4.90 Å². The average molecular weight is 487 g/mol. The lowest BCUT2D eigenvalue weighted by Crippen LogP contribution is -2.60. The molecule has 0 aliphatic carbocycles. The summed E-state index contributed by atoms with van der Waals surface area (Å²) >= 11 is 0. The van der Waals surface area contributed by atoms with Crippen molar-refractivity contribution in [1.29, 1.82) is 0 Å². The molecule has 194 valence electrons. The van der Waals surface area contributed by atoms with E-state index in [4.69, 9.17) is 0 Å². The van der Waals surface area contributed by atoms with E-state index in [1.807, 2.05) is 53.4 Å². The zero-order valence-corrected chi connectivity index (χ0v) is 22.5. The summed E-state index contributed by atoms with van der Waals surface area (Å²) in [7, 11) is 1.65. The predicted octanol–water partition coefficient (Wildman–Crippen LogP) is 3.71. The number of likely N-dealkylation sites (N-methyl/N-ethyl adjacent to an activating group) is 1. The van der Waals surface area contributed by atoms with Gasteiger partial charge in [0.05, 0.1) is 11.6 Å². The number of hydrogen-bond donors (Lipinski definition) is 2. The van der Waals surface area contributed by atoms with Gasteiger partial charge >= 0.3 is 6.03 Å². The molecule has 0 radical (unpaired) electrons. The lowest BCUT2D eigenvalue weighted by molar-refractivity contribution is -0.136. The van der Waals surface area contributed by atoms with E-state index in [0.29, 0.717) is 24.0 Å². The molecule has 1 aliphatic rings. The third-order valence-electron chi connectivity index (χ3n) is 6.70. The van der Waals surface area contributed by atoms with Gasteiger partial charge in [-0.25, -0.2) is 4.79 Å². The second-order valence-corrected chi connectivity index (χ2v) is 11.7. The minimum absolute atomic E-state index is 0.0669. The molecule has 1 aromatic rings. The van der Waals surface area contributed by atoms with Crippen molar-refractivity contribution < 1.29 is 19.2 Å². The monoisotopic (exact) mass is 486 g/mol. The maximum atomic E-state index is 13.3. The number of hydrogen-bond acceptors (Lipinski definition) is 4. The topological polar surface area (TPSA) is 98.8 Å². The summed E-state index contributed by atoms with van der Waals surface area (Å²) in [5, 5.41) is 5.92. The number of likely N-dealkylation sites (tertiary alicyclic amines) is 1. The number of benzene rings is 1. The number of rotatable bonds is 7. The van der Waals surface area contributed by atoms with Crippen LogP contribution < -0.4 is 10.6 Å². The van der Waals surface area contributed by atoms with Crippen molar-refractivity contribution in [3.63, 3.8) is 0 Å². The Hall–Kier alpha value is -2.90. The molecule has 0 aromatic heterocycles. The summed E-state index contributed by atoms with van der Waals surface area (Å²) in [6.45, 7) is 14.7. The highest BCUT2D eigenvalue weighted by Crippen LogP contribution is 2.26. The Morgan fingerprint density at radius 2 is 1.71 bits per heavy atom. The maximum Gasteiger partial charge on any atom is 0.315 e. The Bertz CT molecular complexity index is 932. The van der Waals surface area contributed by atoms with Crippen molar-refractivity contribution in [2.24, 2.45) is 10.8 Å². The van der Waals surface area contributed by atoms with E-state index in [-0.39, 0.29) is 29.8 Å². The quantitative estimate of drug-likeness (QED) is 0.574. The predicted molar refractivity (Wildman–Crippen MR) is 137 cm³/mol. The molecule has 3 atom stereocenters. The standard InChI is InChI=1S/C27H42N4O4/c1-18-12-11-15-31(18)24(34)22(27(5,6)7)29-25(35)28-21(26(2,3)4)16-30(8)23(33)20-14-10-9-13-19(20)17-32/h9-10,13-14,17-18,21-22H,11-12,15-16H2,1-8H3,(H2,28,29,35). The Labute approximate surface area is 209 Å². The first-order valence-electron chi connectivity index (χ1n) is 12.3. The number of aldehydes is 1. The molecule has 1 heterocycles. The fraction of sp³-hybridized carbons (Fsp3) is 0.630. The van der Waals surface area contributed by atoms with Gasteiger partial charge in [0.15, 0.2) is 6.29 Å². The normalized spacial score (nSPS) is 17.9. The highest BCUT2D eigenvalue weighted by atomic mass is 16.2. The van der Waals surface area contributed by atoms with Crippen molar-refractivity contribution in [2.75, 3.05) is 20.1 Å². The molecular formula is C27H42N4O4. The molecule has 35 heavy (non-hydrogen) atoms. The van der Waals surface area contributed by atoms with E-state index in [0.717, 1.165) is 12.8 Å². The van der Waals surface area contributed by atoms with E-state index >= 15 is 0 Å². The van der Waals surface area contributed by atoms with Crippen LogP contribution >= 0.6 is 0 Å². The fourth-order valence-corrected chi connectivity index (χ4v) is 4.30. The maximum absolute atomic E-state index is 13.3. The first kappa shape index (κ1) is 28.3. The lowest BCUT2D eigenvalue weighted by Gasteiger charge is -2.37. The van der Waals surface area contributed by atoms with Crippen LogP contribution in [0, 0.1) is 10.8 Å². The van der Waals surface area contributed by atoms with Crippen LogP contribution in [0.3, 0.4) is 0 Å². The third-order valence-corrected chi connectivity index (χ3v) is 6.70. The molecule has 0 bridgehead atoms. The lowest BCUT2D eigenvalue weighted by atomic mass is 9.85. The molecule has 8 nitrogen and oxygen atoms in total. The molecule has 1 aromatic carbocycles. The molecule has 4 amide bonds. The smallest absolute Gasteiger partial charge is 0.315 e. The first-order valence-corrected chi connectivity index (χ1v) is 12.3. The van der Waals surface area contributed by atoms with Gasteiger partial charge in [0, 0.05) is 31.7 Å². The van der Waals surface area contributed by atoms with Crippen LogP contribution in [0.2, 0.25) is 0 Å². The molecule has 0 spiro atoms. The van der Waals surface area contributed by atoms with E-state index in [9.17, 15) is 19.2 Å². The van der Waals surface area contributed by atoms with Crippen LogP contribution in [0.4, 0.5) is 4.79 Å². The van der Waals surface area contributed by atoms with Gasteiger partial charge in [0.1, 0.15) is 6.04 Å². The van der Waals surface area contributed by atoms with E-state index < -0.39 is 23.5 Å². The molecule has 0 saturated carbocycles. The van der Waals surface area contributed by atoms with Crippen LogP contribution in [-0.4, -0.2) is 72.2 Å². The summed E-state index contributed by atoms with van der Waals surface area (Å²) in [6.07, 6.45) is 2.60. The van der Waals surface area contributed by atoms with Gasteiger partial charge in [0.2, 0.25) is 5.91 Å². The molecule has 2 N–H and O–H groups in total. The second kappa shape index (κ2) is 11.2. The largest absolute Gasteiger partial charge is 0.340 e. The number of urea groups is 1. The molecular weight excluding hydrogens is 444 g/mol. The minimum Gasteiger partial charge on any atom is -0.340 e. The molecule has 8 heteroatoms. The summed E-state index contributed by atoms with van der Waals surface area (Å²) < 4.78 is 0. The van der Waals surface area contributed by atoms with Crippen LogP contribution in [0.15, 0.2) is 24.3 Å². The summed E-state index contributed by atoms with van der Waals surface area (Å²) in [5.41, 5.74) is -0.203. The SMILES string of the molecule is CC1CCCN1C(=O)C(NC(=O)NC(CN(C)C(=O)c1ccccc1C=O)C(C)(C)C)C(C)(C)C. The zero-order chi connectivity index (χ0) is 26.6. The van der Waals surface area contributed by atoms with E-state index in [1.54, 1.807) is 31.3 Å². The summed E-state index contributed by atoms with van der Waals surface area (Å²) in [4.78, 5) is 54.2. The number of nitrogens with one attached hydrogen (secondary N) is 2. The van der Waals surface area contributed by atoms with Gasteiger partial charge in [-0.3, -0.25) is 14.4 Å². The highest BCUT2D eigenvalue weighted by molar-refractivity contribution is 6.01. The van der Waals surface area contributed by atoms with Gasteiger partial charge in [-0.1, -0.05) is 59.7 Å². The number of nitrogens with zero attached hydrogens (tertiary/aromatic N) is 2. The van der Waals surface area contributed by atoms with Gasteiger partial charge in [0.25, 0.3) is 5.91 Å². The first-order chi connectivity index (χ1) is 16.2. The van der Waals surface area contributed by atoms with Crippen LogP contribution in [0.25, 0.3) is 0 Å². The van der Waals surface area contributed by atoms with Gasteiger partial charge in [-0.05, 0) is 36.7 Å². The van der Waals surface area contributed by atoms with Crippen LogP contribution in [0.5, 0.6) is 0 Å². The minimum atomic E-state index is -0.678. The van der Waals surface area contributed by atoms with Crippen molar-refractivity contribution in [3.05, 3.63) is 35.4 Å². The Morgan fingerprint density at radius 3 is 2.23 bits per heavy atom. The second-order valence-electron chi connectivity index (χ2n) is 11.7. The van der Waals surface area contributed by atoms with Crippen molar-refractivity contribution in [1.82, 2.24) is 20.4 Å². The Balaban J connectivity index is 2.16. The fourth-order valence-electron chi connectivity index (χ4n) is 4.30. The Kier molecular flexibility index (Phi) is 9.09. The third kappa shape index (κ3) is 7.29. The van der Waals surface area contributed by atoms with Crippen molar-refractivity contribution >= 4 is 24.1 Å². The highest BCUT2D eigenvalue weighted by Gasteiger charge is 2.39. The molecule has 2 rings (SSSR count). The summed E-state index contributed by atoms with van der Waals surface area (Å²) in [6, 6.07) is 5.28. The molecule has 3 unspecified atom stereocenters. The van der Waals surface area contributed by atoms with Crippen molar-refractivity contribution in [2.45, 2.75) is 79.4 Å². The van der Waals surface area contributed by atoms with Gasteiger partial charge in [-0.2, -0.15) is 0 Å². The van der Waals surface area contributed by atoms with Crippen LogP contribution in [-0.2, 0) is 4.79 Å². The Morgan fingerprint density at radius 1 is 1.09 bits per heavy atom. The van der Waals surface area contributed by atoms with Crippen molar-refractivity contribution in [3.8, 4) is 0 Å². The van der Waals surface area contributed by atoms with E-state index in [2.05, 4.69) is 10.6 Å². The molecule has 1 fully saturated rings.